The van der Waals surface area contributed by atoms with Crippen molar-refractivity contribution in [2.24, 2.45) is 11.7 Å². The Balaban J connectivity index is 1.89. The molecular weight excluding hydrogens is 224 g/mol. The molecule has 2 aromatic rings. The molecule has 4 nitrogen and oxygen atoms in total. The van der Waals surface area contributed by atoms with Crippen molar-refractivity contribution < 1.29 is 0 Å². The number of hydrogen-bond donors (Lipinski definition) is 1. The predicted molar refractivity (Wildman–Crippen MR) is 72.9 cm³/mol. The summed E-state index contributed by atoms with van der Waals surface area (Å²) in [5, 5.41) is 4.43. The summed E-state index contributed by atoms with van der Waals surface area (Å²) in [5.74, 6) is 1.78. The number of aromatic nitrogens is 2. The van der Waals surface area contributed by atoms with Gasteiger partial charge in [0.1, 0.15) is 5.82 Å². The van der Waals surface area contributed by atoms with Crippen LogP contribution < -0.4 is 10.6 Å². The van der Waals surface area contributed by atoms with Crippen LogP contribution in [0, 0.1) is 5.92 Å². The first-order valence-electron chi connectivity index (χ1n) is 6.43. The number of anilines is 1. The minimum atomic E-state index is 0.615. The average Bonchev–Trinajstić information content (AvgIpc) is 3.08. The van der Waals surface area contributed by atoms with Gasteiger partial charge in [-0.05, 0) is 31.0 Å². The highest BCUT2D eigenvalue weighted by molar-refractivity contribution is 5.47. The van der Waals surface area contributed by atoms with Crippen LogP contribution in [-0.2, 0) is 0 Å². The molecule has 2 N–H and O–H groups in total. The van der Waals surface area contributed by atoms with E-state index >= 15 is 0 Å². The molecule has 1 fully saturated rings. The Morgan fingerprint density at radius 1 is 1.22 bits per heavy atom. The number of rotatable bonds is 3. The van der Waals surface area contributed by atoms with E-state index in [1.54, 1.807) is 0 Å². The molecule has 0 aliphatic carbocycles. The van der Waals surface area contributed by atoms with Gasteiger partial charge in [-0.2, -0.15) is 5.10 Å². The van der Waals surface area contributed by atoms with E-state index in [0.717, 1.165) is 31.1 Å². The second-order valence-electron chi connectivity index (χ2n) is 4.77. The summed E-state index contributed by atoms with van der Waals surface area (Å²) in [7, 11) is 0. The van der Waals surface area contributed by atoms with Crippen LogP contribution in [0.4, 0.5) is 5.82 Å². The molecule has 0 bridgehead atoms. The quantitative estimate of drug-likeness (QED) is 0.890. The van der Waals surface area contributed by atoms with Crippen molar-refractivity contribution >= 4 is 5.82 Å². The van der Waals surface area contributed by atoms with E-state index in [0.29, 0.717) is 5.92 Å². The molecular formula is C14H18N4. The Kier molecular flexibility index (Phi) is 3.02. The van der Waals surface area contributed by atoms with Gasteiger partial charge < -0.3 is 10.6 Å². The molecule has 94 valence electrons. The summed E-state index contributed by atoms with van der Waals surface area (Å²) < 4.78 is 2.00. The summed E-state index contributed by atoms with van der Waals surface area (Å²) in [6.45, 7) is 2.88. The summed E-state index contributed by atoms with van der Waals surface area (Å²) in [4.78, 5) is 2.37. The van der Waals surface area contributed by atoms with Crippen molar-refractivity contribution in [2.75, 3.05) is 24.5 Å². The fourth-order valence-electron chi connectivity index (χ4n) is 2.54. The van der Waals surface area contributed by atoms with Crippen molar-refractivity contribution in [3.63, 3.8) is 0 Å². The van der Waals surface area contributed by atoms with E-state index in [1.165, 1.54) is 6.42 Å². The Hall–Kier alpha value is -1.81. The van der Waals surface area contributed by atoms with Crippen molar-refractivity contribution in [3.05, 3.63) is 42.6 Å². The number of nitrogens with two attached hydrogens (primary N) is 1. The maximum absolute atomic E-state index is 5.75. The van der Waals surface area contributed by atoms with Crippen LogP contribution in [-0.4, -0.2) is 29.4 Å². The molecule has 2 heterocycles. The molecule has 1 unspecified atom stereocenters. The van der Waals surface area contributed by atoms with Crippen molar-refractivity contribution in [1.29, 1.82) is 0 Å². The first-order chi connectivity index (χ1) is 8.88. The Labute approximate surface area is 107 Å². The van der Waals surface area contributed by atoms with Crippen molar-refractivity contribution in [2.45, 2.75) is 6.42 Å². The van der Waals surface area contributed by atoms with Gasteiger partial charge >= 0.3 is 0 Å². The van der Waals surface area contributed by atoms with Gasteiger partial charge in [-0.15, -0.1) is 0 Å². The highest BCUT2D eigenvalue weighted by Crippen LogP contribution is 2.25. The molecule has 0 radical (unpaired) electrons. The minimum Gasteiger partial charge on any atom is -0.356 e. The third-order valence-electron chi connectivity index (χ3n) is 3.57. The van der Waals surface area contributed by atoms with Gasteiger partial charge in [-0.3, -0.25) is 0 Å². The zero-order valence-corrected chi connectivity index (χ0v) is 10.4. The lowest BCUT2D eigenvalue weighted by Crippen LogP contribution is -2.24. The van der Waals surface area contributed by atoms with E-state index in [1.807, 2.05) is 29.1 Å². The Bertz CT molecular complexity index is 506. The highest BCUT2D eigenvalue weighted by atomic mass is 15.4. The van der Waals surface area contributed by atoms with E-state index in [9.17, 15) is 0 Å². The molecule has 1 aliphatic rings. The molecule has 1 aromatic heterocycles. The van der Waals surface area contributed by atoms with Crippen LogP contribution in [0.15, 0.2) is 42.6 Å². The van der Waals surface area contributed by atoms with E-state index < -0.39 is 0 Å². The van der Waals surface area contributed by atoms with Gasteiger partial charge in [0.2, 0.25) is 0 Å². The fraction of sp³-hybridized carbons (Fsp3) is 0.357. The molecule has 1 aliphatic heterocycles. The zero-order valence-electron chi connectivity index (χ0n) is 10.4. The van der Waals surface area contributed by atoms with Crippen LogP contribution in [0.25, 0.3) is 5.69 Å². The zero-order chi connectivity index (χ0) is 12.4. The van der Waals surface area contributed by atoms with Gasteiger partial charge in [-0.1, -0.05) is 18.2 Å². The summed E-state index contributed by atoms with van der Waals surface area (Å²) >= 11 is 0. The van der Waals surface area contributed by atoms with E-state index in [4.69, 9.17) is 5.73 Å². The maximum atomic E-state index is 5.75. The molecule has 0 amide bonds. The molecule has 3 rings (SSSR count). The topological polar surface area (TPSA) is 47.1 Å². The number of nitrogens with zero attached hydrogens (tertiary/aromatic N) is 3. The lowest BCUT2D eigenvalue weighted by Gasteiger charge is -2.19. The monoisotopic (exact) mass is 242 g/mol. The lowest BCUT2D eigenvalue weighted by molar-refractivity contribution is 0.601. The third-order valence-corrected chi connectivity index (χ3v) is 3.57. The molecule has 1 atom stereocenters. The van der Waals surface area contributed by atoms with Gasteiger partial charge in [-0.25, -0.2) is 4.68 Å². The smallest absolute Gasteiger partial charge is 0.132 e. The maximum Gasteiger partial charge on any atom is 0.132 e. The first kappa shape index (κ1) is 11.3. The van der Waals surface area contributed by atoms with Crippen molar-refractivity contribution in [3.8, 4) is 5.69 Å². The molecule has 0 spiro atoms. The van der Waals surface area contributed by atoms with Crippen LogP contribution in [0.2, 0.25) is 0 Å². The van der Waals surface area contributed by atoms with Gasteiger partial charge in [0.15, 0.2) is 0 Å². The van der Waals surface area contributed by atoms with Crippen molar-refractivity contribution in [1.82, 2.24) is 9.78 Å². The van der Waals surface area contributed by atoms with Gasteiger partial charge in [0.25, 0.3) is 0 Å². The lowest BCUT2D eigenvalue weighted by atomic mass is 10.1. The van der Waals surface area contributed by atoms with Gasteiger partial charge in [0.05, 0.1) is 11.9 Å². The second-order valence-corrected chi connectivity index (χ2v) is 4.77. The van der Waals surface area contributed by atoms with Crippen LogP contribution in [0.1, 0.15) is 6.42 Å². The van der Waals surface area contributed by atoms with E-state index in [-0.39, 0.29) is 0 Å². The largest absolute Gasteiger partial charge is 0.356 e. The molecule has 1 saturated heterocycles. The Morgan fingerprint density at radius 2 is 2.06 bits per heavy atom. The summed E-state index contributed by atoms with van der Waals surface area (Å²) in [6, 6.07) is 12.3. The number of benzene rings is 1. The standard InChI is InChI=1S/C14H18N4/c15-10-12-7-9-17(11-12)14-6-8-16-18(14)13-4-2-1-3-5-13/h1-6,8,12H,7,9-11,15H2. The predicted octanol–water partition coefficient (Wildman–Crippen LogP) is 1.66. The van der Waals surface area contributed by atoms with Crippen LogP contribution >= 0.6 is 0 Å². The molecule has 0 saturated carbocycles. The normalized spacial score (nSPS) is 19.4. The van der Waals surface area contributed by atoms with Crippen LogP contribution in [0.3, 0.4) is 0 Å². The van der Waals surface area contributed by atoms with Gasteiger partial charge in [0, 0.05) is 19.2 Å². The van der Waals surface area contributed by atoms with Crippen LogP contribution in [0.5, 0.6) is 0 Å². The Morgan fingerprint density at radius 3 is 2.78 bits per heavy atom. The fourth-order valence-corrected chi connectivity index (χ4v) is 2.54. The summed E-state index contributed by atoms with van der Waals surface area (Å²) in [6.07, 6.45) is 3.04. The molecule has 1 aromatic carbocycles. The number of hydrogen-bond acceptors (Lipinski definition) is 3. The van der Waals surface area contributed by atoms with E-state index in [2.05, 4.69) is 28.2 Å². The minimum absolute atomic E-state index is 0.615. The highest BCUT2D eigenvalue weighted by Gasteiger charge is 2.23. The summed E-state index contributed by atoms with van der Waals surface area (Å²) in [5.41, 5.74) is 6.85. The second kappa shape index (κ2) is 4.82. The third kappa shape index (κ3) is 1.99. The SMILES string of the molecule is NCC1CCN(c2ccnn2-c2ccccc2)C1. The first-order valence-corrected chi connectivity index (χ1v) is 6.43. The molecule has 4 heteroatoms. The average molecular weight is 242 g/mol. The number of para-hydroxylation sites is 1. The molecule has 18 heavy (non-hydrogen) atoms.